The van der Waals surface area contributed by atoms with Crippen molar-refractivity contribution in [2.75, 3.05) is 6.61 Å². The molecule has 3 aromatic carbocycles. The van der Waals surface area contributed by atoms with Crippen LogP contribution in [0.15, 0.2) is 84.9 Å². The molecule has 178 valence electrons. The van der Waals surface area contributed by atoms with Crippen LogP contribution in [0, 0.1) is 6.92 Å². The van der Waals surface area contributed by atoms with Crippen LogP contribution >= 0.6 is 0 Å². The van der Waals surface area contributed by atoms with Crippen molar-refractivity contribution in [3.05, 3.63) is 107 Å². The fraction of sp³-hybridized carbons (Fsp3) is 0.179. The van der Waals surface area contributed by atoms with Crippen LogP contribution < -0.4 is 15.5 Å². The second kappa shape index (κ2) is 11.3. The number of carbonyl (C=O) groups is 2. The highest BCUT2D eigenvalue weighted by Gasteiger charge is 2.19. The highest BCUT2D eigenvalue weighted by molar-refractivity contribution is 5.95. The molecule has 1 unspecified atom stereocenters. The summed E-state index contributed by atoms with van der Waals surface area (Å²) >= 11 is 0. The van der Waals surface area contributed by atoms with Crippen molar-refractivity contribution in [3.63, 3.8) is 0 Å². The van der Waals surface area contributed by atoms with Gasteiger partial charge in [0.2, 0.25) is 5.91 Å². The van der Waals surface area contributed by atoms with Gasteiger partial charge >= 0.3 is 0 Å². The fourth-order valence-electron chi connectivity index (χ4n) is 3.99. The maximum absolute atomic E-state index is 12.8. The summed E-state index contributed by atoms with van der Waals surface area (Å²) in [7, 11) is 0. The zero-order chi connectivity index (χ0) is 24.6. The van der Waals surface area contributed by atoms with Gasteiger partial charge in [-0.25, -0.2) is 5.48 Å². The number of pyridine rings is 1. The molecule has 0 saturated heterocycles. The average molecular weight is 470 g/mol. The molecule has 0 fully saturated rings. The number of benzene rings is 3. The highest BCUT2D eigenvalue weighted by Crippen LogP contribution is 2.21. The van der Waals surface area contributed by atoms with E-state index in [-0.39, 0.29) is 12.3 Å². The van der Waals surface area contributed by atoms with Crippen molar-refractivity contribution in [2.24, 2.45) is 0 Å². The third-order valence-electron chi connectivity index (χ3n) is 5.71. The second-order valence-electron chi connectivity index (χ2n) is 8.24. The van der Waals surface area contributed by atoms with E-state index in [1.165, 1.54) is 5.56 Å². The number of aryl methyl sites for hydroxylation is 1. The summed E-state index contributed by atoms with van der Waals surface area (Å²) in [6.07, 6.45) is 0.647. The number of hydrogen-bond acceptors (Lipinski definition) is 5. The lowest BCUT2D eigenvalue weighted by Crippen LogP contribution is -2.32. The number of nitrogens with one attached hydrogen (secondary N) is 2. The van der Waals surface area contributed by atoms with Crippen LogP contribution in [0.3, 0.4) is 0 Å². The first-order chi connectivity index (χ1) is 17.0. The summed E-state index contributed by atoms with van der Waals surface area (Å²) in [5.41, 5.74) is 5.96. The zero-order valence-electron chi connectivity index (χ0n) is 19.4. The molecule has 4 rings (SSSR count). The smallest absolute Gasteiger partial charge is 0.251 e. The average Bonchev–Trinajstić information content (AvgIpc) is 2.89. The Labute approximate surface area is 203 Å². The fourth-order valence-corrected chi connectivity index (χ4v) is 3.99. The van der Waals surface area contributed by atoms with Gasteiger partial charge in [0.15, 0.2) is 0 Å². The zero-order valence-corrected chi connectivity index (χ0v) is 19.4. The standard InChI is InChI=1S/C28H27N3O4/c1-19-17-22(24-9-5-6-10-25(24)29-19)15-16-35-23-13-11-21(12-14-23)28(33)30-26(18-27(32)31-34)20-7-3-2-4-8-20/h2-14,17,26,34H,15-16,18H2,1H3,(H,30,33)(H,31,32). The number of aromatic nitrogens is 1. The normalized spacial score (nSPS) is 11.6. The number of carbonyl (C=O) groups excluding carboxylic acids is 2. The summed E-state index contributed by atoms with van der Waals surface area (Å²) in [4.78, 5) is 29.1. The molecule has 0 aliphatic heterocycles. The van der Waals surface area contributed by atoms with Gasteiger partial charge < -0.3 is 10.1 Å². The van der Waals surface area contributed by atoms with E-state index in [4.69, 9.17) is 9.94 Å². The summed E-state index contributed by atoms with van der Waals surface area (Å²) in [6.45, 7) is 2.48. The van der Waals surface area contributed by atoms with Crippen LogP contribution in [0.2, 0.25) is 0 Å². The number of hydrogen-bond donors (Lipinski definition) is 3. The van der Waals surface area contributed by atoms with Gasteiger partial charge in [-0.3, -0.25) is 19.8 Å². The first-order valence-corrected chi connectivity index (χ1v) is 11.4. The Morgan fingerprint density at radius 3 is 2.43 bits per heavy atom. The number of hydroxylamine groups is 1. The van der Waals surface area contributed by atoms with Crippen molar-refractivity contribution < 1.29 is 19.5 Å². The lowest BCUT2D eigenvalue weighted by Gasteiger charge is -2.18. The minimum Gasteiger partial charge on any atom is -0.493 e. The number of para-hydroxylation sites is 1. The van der Waals surface area contributed by atoms with E-state index in [2.05, 4.69) is 22.4 Å². The predicted octanol–water partition coefficient (Wildman–Crippen LogP) is 4.53. The van der Waals surface area contributed by atoms with Gasteiger partial charge in [0.05, 0.1) is 24.6 Å². The molecule has 4 aromatic rings. The van der Waals surface area contributed by atoms with E-state index in [0.29, 0.717) is 17.9 Å². The lowest BCUT2D eigenvalue weighted by atomic mass is 10.0. The van der Waals surface area contributed by atoms with Crippen molar-refractivity contribution in [2.45, 2.75) is 25.8 Å². The van der Waals surface area contributed by atoms with E-state index in [0.717, 1.165) is 28.6 Å². The van der Waals surface area contributed by atoms with Crippen molar-refractivity contribution in [3.8, 4) is 5.75 Å². The minimum atomic E-state index is -0.583. The minimum absolute atomic E-state index is 0.0867. The maximum Gasteiger partial charge on any atom is 0.251 e. The molecule has 0 radical (unpaired) electrons. The van der Waals surface area contributed by atoms with Gasteiger partial charge in [-0.15, -0.1) is 0 Å². The molecule has 1 atom stereocenters. The highest BCUT2D eigenvalue weighted by atomic mass is 16.5. The van der Waals surface area contributed by atoms with Gasteiger partial charge in [0, 0.05) is 23.1 Å². The molecular formula is C28H27N3O4. The largest absolute Gasteiger partial charge is 0.493 e. The van der Waals surface area contributed by atoms with E-state index in [1.54, 1.807) is 29.7 Å². The van der Waals surface area contributed by atoms with E-state index >= 15 is 0 Å². The molecule has 0 spiro atoms. The second-order valence-corrected chi connectivity index (χ2v) is 8.24. The predicted molar refractivity (Wildman–Crippen MR) is 133 cm³/mol. The van der Waals surface area contributed by atoms with E-state index in [9.17, 15) is 9.59 Å². The number of fused-ring (bicyclic) bond motifs is 1. The summed E-state index contributed by atoms with van der Waals surface area (Å²) in [6, 6.07) is 25.6. The Balaban J connectivity index is 1.37. The van der Waals surface area contributed by atoms with Gasteiger partial charge in [-0.2, -0.15) is 0 Å². The third kappa shape index (κ3) is 6.22. The third-order valence-corrected chi connectivity index (χ3v) is 5.71. The van der Waals surface area contributed by atoms with Crippen molar-refractivity contribution in [1.29, 1.82) is 0 Å². The van der Waals surface area contributed by atoms with E-state index < -0.39 is 11.9 Å². The van der Waals surface area contributed by atoms with Crippen LogP contribution in [-0.2, 0) is 11.2 Å². The molecule has 7 heteroatoms. The summed E-state index contributed by atoms with van der Waals surface area (Å²) in [5, 5.41) is 12.9. The van der Waals surface area contributed by atoms with Gasteiger partial charge in [-0.05, 0) is 54.4 Å². The van der Waals surface area contributed by atoms with Crippen LogP contribution in [0.4, 0.5) is 0 Å². The monoisotopic (exact) mass is 469 g/mol. The topological polar surface area (TPSA) is 101 Å². The Kier molecular flexibility index (Phi) is 7.70. The number of nitrogens with zero attached hydrogens (tertiary/aromatic N) is 1. The molecule has 0 aliphatic rings. The molecule has 0 aliphatic carbocycles. The molecule has 1 aromatic heterocycles. The SMILES string of the molecule is Cc1cc(CCOc2ccc(C(=O)NC(CC(=O)NO)c3ccccc3)cc2)c2ccccc2n1. The molecular weight excluding hydrogens is 442 g/mol. The van der Waals surface area contributed by atoms with Crippen LogP contribution in [0.5, 0.6) is 5.75 Å². The quantitative estimate of drug-likeness (QED) is 0.247. The first-order valence-electron chi connectivity index (χ1n) is 11.4. The summed E-state index contributed by atoms with van der Waals surface area (Å²) in [5.74, 6) is -0.245. The van der Waals surface area contributed by atoms with Crippen molar-refractivity contribution >= 4 is 22.7 Å². The van der Waals surface area contributed by atoms with Crippen LogP contribution in [-0.4, -0.2) is 28.6 Å². The Morgan fingerprint density at radius 1 is 0.971 bits per heavy atom. The Morgan fingerprint density at radius 2 is 1.69 bits per heavy atom. The summed E-state index contributed by atoms with van der Waals surface area (Å²) < 4.78 is 5.92. The molecule has 0 bridgehead atoms. The van der Waals surface area contributed by atoms with Crippen molar-refractivity contribution in [1.82, 2.24) is 15.8 Å². The Bertz CT molecular complexity index is 1310. The number of ether oxygens (including phenoxy) is 1. The van der Waals surface area contributed by atoms with Gasteiger partial charge in [0.1, 0.15) is 5.75 Å². The maximum atomic E-state index is 12.8. The first kappa shape index (κ1) is 23.9. The van der Waals surface area contributed by atoms with Gasteiger partial charge in [0.25, 0.3) is 5.91 Å². The molecule has 3 N–H and O–H groups in total. The molecule has 1 heterocycles. The van der Waals surface area contributed by atoms with Crippen LogP contribution in [0.25, 0.3) is 10.9 Å². The molecule has 2 amide bonds. The molecule has 7 nitrogen and oxygen atoms in total. The van der Waals surface area contributed by atoms with Gasteiger partial charge in [-0.1, -0.05) is 48.5 Å². The molecule has 0 saturated carbocycles. The Hall–Kier alpha value is -4.23. The number of amides is 2. The van der Waals surface area contributed by atoms with Crippen LogP contribution in [0.1, 0.15) is 39.6 Å². The molecule has 35 heavy (non-hydrogen) atoms. The van der Waals surface area contributed by atoms with E-state index in [1.807, 2.05) is 55.5 Å². The number of rotatable bonds is 9. The lowest BCUT2D eigenvalue weighted by molar-refractivity contribution is -0.129.